The van der Waals surface area contributed by atoms with Crippen molar-refractivity contribution < 1.29 is 8.42 Å². The van der Waals surface area contributed by atoms with Crippen LogP contribution < -0.4 is 4.72 Å². The molecule has 3 aromatic rings. The fourth-order valence-corrected chi connectivity index (χ4v) is 3.21. The Bertz CT molecular complexity index is 950. The van der Waals surface area contributed by atoms with Crippen molar-refractivity contribution in [2.45, 2.75) is 11.8 Å². The molecule has 0 aromatic carbocycles. The second-order valence-corrected chi connectivity index (χ2v) is 6.80. The first kappa shape index (κ1) is 14.7. The quantitative estimate of drug-likeness (QED) is 0.739. The molecule has 22 heavy (non-hydrogen) atoms. The molecule has 7 nitrogen and oxygen atoms in total. The Kier molecular flexibility index (Phi) is 3.50. The molecule has 0 atom stereocenters. The number of nitrogens with zero attached hydrogens (tertiary/aromatic N) is 4. The summed E-state index contributed by atoms with van der Waals surface area (Å²) < 4.78 is 28.9. The van der Waals surface area contributed by atoms with E-state index in [1.165, 1.54) is 24.5 Å². The Morgan fingerprint density at radius 1 is 1.23 bits per heavy atom. The largest absolute Gasteiger partial charge is 0.278 e. The zero-order valence-corrected chi connectivity index (χ0v) is 13.4. The van der Waals surface area contributed by atoms with Gasteiger partial charge in [0.15, 0.2) is 5.65 Å². The standard InChI is InChI=1S/C13H12ClN5O2S/c1-8-11-5-10(7-16-13(11)19(2)17-8)22(20,21)18-9-3-4-12(14)15-6-9/h3-7,18H,1-2H3. The first-order valence-corrected chi connectivity index (χ1v) is 8.17. The van der Waals surface area contributed by atoms with Crippen LogP contribution >= 0.6 is 11.6 Å². The van der Waals surface area contributed by atoms with Gasteiger partial charge in [-0.25, -0.2) is 18.4 Å². The van der Waals surface area contributed by atoms with Crippen LogP contribution in [0.25, 0.3) is 11.0 Å². The van der Waals surface area contributed by atoms with Gasteiger partial charge in [-0.1, -0.05) is 11.6 Å². The maximum atomic E-state index is 12.4. The molecule has 3 heterocycles. The Morgan fingerprint density at radius 3 is 2.68 bits per heavy atom. The number of hydrogen-bond acceptors (Lipinski definition) is 5. The highest BCUT2D eigenvalue weighted by molar-refractivity contribution is 7.92. The van der Waals surface area contributed by atoms with Crippen molar-refractivity contribution in [1.29, 1.82) is 0 Å². The number of rotatable bonds is 3. The number of aromatic nitrogens is 4. The summed E-state index contributed by atoms with van der Waals surface area (Å²) in [4.78, 5) is 8.06. The van der Waals surface area contributed by atoms with E-state index in [0.717, 1.165) is 5.69 Å². The number of fused-ring (bicyclic) bond motifs is 1. The lowest BCUT2D eigenvalue weighted by Crippen LogP contribution is -2.13. The highest BCUT2D eigenvalue weighted by atomic mass is 35.5. The van der Waals surface area contributed by atoms with E-state index < -0.39 is 10.0 Å². The van der Waals surface area contributed by atoms with Gasteiger partial charge in [0.1, 0.15) is 10.0 Å². The van der Waals surface area contributed by atoms with Crippen LogP contribution in [0.3, 0.4) is 0 Å². The zero-order chi connectivity index (χ0) is 15.9. The van der Waals surface area contributed by atoms with Gasteiger partial charge in [0.2, 0.25) is 0 Å². The van der Waals surface area contributed by atoms with E-state index in [1.54, 1.807) is 24.7 Å². The van der Waals surface area contributed by atoms with Crippen molar-refractivity contribution in [2.75, 3.05) is 4.72 Å². The lowest BCUT2D eigenvalue weighted by atomic mass is 10.3. The summed E-state index contributed by atoms with van der Waals surface area (Å²) in [6, 6.07) is 4.59. The predicted molar refractivity (Wildman–Crippen MR) is 83.3 cm³/mol. The van der Waals surface area contributed by atoms with Crippen LogP contribution in [0, 0.1) is 6.92 Å². The number of sulfonamides is 1. The molecule has 0 bridgehead atoms. The lowest BCUT2D eigenvalue weighted by Gasteiger charge is -2.07. The molecule has 0 radical (unpaired) electrons. The highest BCUT2D eigenvalue weighted by Gasteiger charge is 2.17. The molecule has 0 unspecified atom stereocenters. The fraction of sp³-hybridized carbons (Fsp3) is 0.154. The molecule has 114 valence electrons. The van der Waals surface area contributed by atoms with Crippen molar-refractivity contribution in [3.8, 4) is 0 Å². The van der Waals surface area contributed by atoms with E-state index in [4.69, 9.17) is 11.6 Å². The summed E-state index contributed by atoms with van der Waals surface area (Å²) in [5, 5.41) is 5.20. The van der Waals surface area contributed by atoms with Crippen LogP contribution in [-0.4, -0.2) is 28.2 Å². The Labute approximate surface area is 132 Å². The zero-order valence-electron chi connectivity index (χ0n) is 11.8. The normalized spacial score (nSPS) is 11.8. The maximum absolute atomic E-state index is 12.4. The van der Waals surface area contributed by atoms with E-state index in [1.807, 2.05) is 0 Å². The summed E-state index contributed by atoms with van der Waals surface area (Å²) in [7, 11) is -2.00. The first-order valence-electron chi connectivity index (χ1n) is 6.30. The van der Waals surface area contributed by atoms with E-state index >= 15 is 0 Å². The minimum absolute atomic E-state index is 0.0612. The van der Waals surface area contributed by atoms with Gasteiger partial charge in [-0.15, -0.1) is 0 Å². The molecule has 0 aliphatic rings. The number of halogens is 1. The third-order valence-corrected chi connectivity index (χ3v) is 4.70. The van der Waals surface area contributed by atoms with Crippen LogP contribution in [0.1, 0.15) is 5.69 Å². The minimum atomic E-state index is -3.76. The van der Waals surface area contributed by atoms with Crippen LogP contribution in [0.5, 0.6) is 0 Å². The summed E-state index contributed by atoms with van der Waals surface area (Å²) >= 11 is 5.68. The molecule has 0 saturated heterocycles. The fourth-order valence-electron chi connectivity index (χ4n) is 2.09. The molecule has 0 aliphatic heterocycles. The van der Waals surface area contributed by atoms with E-state index in [9.17, 15) is 8.42 Å². The number of aryl methyl sites for hydroxylation is 2. The van der Waals surface area contributed by atoms with E-state index in [2.05, 4.69) is 19.8 Å². The first-order chi connectivity index (χ1) is 10.4. The van der Waals surface area contributed by atoms with Crippen LogP contribution in [0.15, 0.2) is 35.5 Å². The number of anilines is 1. The van der Waals surface area contributed by atoms with Gasteiger partial charge in [0, 0.05) is 18.6 Å². The summed E-state index contributed by atoms with van der Waals surface area (Å²) in [5.74, 6) is 0. The lowest BCUT2D eigenvalue weighted by molar-refractivity contribution is 0.601. The Hall–Kier alpha value is -2.19. The summed E-state index contributed by atoms with van der Waals surface area (Å²) in [5.41, 5.74) is 1.67. The maximum Gasteiger partial charge on any atom is 0.263 e. The second kappa shape index (κ2) is 5.22. The molecule has 1 N–H and O–H groups in total. The van der Waals surface area contributed by atoms with E-state index in [0.29, 0.717) is 16.7 Å². The molecule has 3 aromatic heterocycles. The van der Waals surface area contributed by atoms with Crippen molar-refractivity contribution in [1.82, 2.24) is 19.7 Å². The second-order valence-electron chi connectivity index (χ2n) is 4.73. The minimum Gasteiger partial charge on any atom is -0.278 e. The molecule has 0 aliphatic carbocycles. The molecular formula is C13H12ClN5O2S. The highest BCUT2D eigenvalue weighted by Crippen LogP contribution is 2.21. The SMILES string of the molecule is Cc1nn(C)c2ncc(S(=O)(=O)Nc3ccc(Cl)nc3)cc12. The van der Waals surface area contributed by atoms with Gasteiger partial charge in [-0.05, 0) is 25.1 Å². The van der Waals surface area contributed by atoms with Crippen LogP contribution in [0.4, 0.5) is 5.69 Å². The number of hydrogen-bond donors (Lipinski definition) is 1. The molecule has 0 spiro atoms. The van der Waals surface area contributed by atoms with Crippen LogP contribution in [0.2, 0.25) is 5.15 Å². The van der Waals surface area contributed by atoms with Crippen molar-refractivity contribution >= 4 is 38.3 Å². The van der Waals surface area contributed by atoms with Crippen molar-refractivity contribution in [2.24, 2.45) is 7.05 Å². The van der Waals surface area contributed by atoms with Crippen LogP contribution in [-0.2, 0) is 17.1 Å². The van der Waals surface area contributed by atoms with E-state index in [-0.39, 0.29) is 10.0 Å². The van der Waals surface area contributed by atoms with Gasteiger partial charge < -0.3 is 0 Å². The van der Waals surface area contributed by atoms with Crippen molar-refractivity contribution in [3.63, 3.8) is 0 Å². The van der Waals surface area contributed by atoms with Gasteiger partial charge in [0.05, 0.1) is 17.6 Å². The third kappa shape index (κ3) is 2.62. The average molecular weight is 338 g/mol. The number of nitrogens with one attached hydrogen (secondary N) is 1. The van der Waals surface area contributed by atoms with Gasteiger partial charge >= 0.3 is 0 Å². The molecule has 0 saturated carbocycles. The van der Waals surface area contributed by atoms with Gasteiger partial charge in [-0.3, -0.25) is 9.40 Å². The molecule has 0 amide bonds. The van der Waals surface area contributed by atoms with Gasteiger partial charge in [0.25, 0.3) is 10.0 Å². The Balaban J connectivity index is 2.01. The number of pyridine rings is 2. The molecule has 3 rings (SSSR count). The average Bonchev–Trinajstić information content (AvgIpc) is 2.76. The molecular weight excluding hydrogens is 326 g/mol. The van der Waals surface area contributed by atoms with Crippen molar-refractivity contribution in [3.05, 3.63) is 41.4 Å². The molecule has 0 fully saturated rings. The predicted octanol–water partition coefficient (Wildman–Crippen LogP) is 2.13. The molecule has 9 heteroatoms. The smallest absolute Gasteiger partial charge is 0.263 e. The third-order valence-electron chi connectivity index (χ3n) is 3.13. The topological polar surface area (TPSA) is 89.8 Å². The summed E-state index contributed by atoms with van der Waals surface area (Å²) in [6.45, 7) is 1.80. The summed E-state index contributed by atoms with van der Waals surface area (Å²) in [6.07, 6.45) is 2.65. The monoisotopic (exact) mass is 337 g/mol. The van der Waals surface area contributed by atoms with Gasteiger partial charge in [-0.2, -0.15) is 5.10 Å². The Morgan fingerprint density at radius 2 is 2.00 bits per heavy atom.